The average molecular weight is 358 g/mol. The summed E-state index contributed by atoms with van der Waals surface area (Å²) < 4.78 is 2.01. The third-order valence-corrected chi connectivity index (χ3v) is 6.14. The number of nitrogens with zero attached hydrogens (tertiary/aromatic N) is 5. The summed E-state index contributed by atoms with van der Waals surface area (Å²) in [6, 6.07) is 11.0. The molecular formula is C17H19N5S2. The van der Waals surface area contributed by atoms with Crippen molar-refractivity contribution in [3.8, 4) is 0 Å². The predicted octanol–water partition coefficient (Wildman–Crippen LogP) is 4.13. The molecule has 1 fully saturated rings. The second-order valence-corrected chi connectivity index (χ2v) is 7.91. The maximum atomic E-state index is 4.75. The SMILES string of the molecule is c1ccc(Cc2nc(CSc3nnnn3C3CCCC3)cs2)cc1. The van der Waals surface area contributed by atoms with E-state index in [4.69, 9.17) is 4.98 Å². The molecule has 0 spiro atoms. The Balaban J connectivity index is 1.38. The highest BCUT2D eigenvalue weighted by atomic mass is 32.2. The van der Waals surface area contributed by atoms with E-state index in [0.717, 1.165) is 28.0 Å². The van der Waals surface area contributed by atoms with Gasteiger partial charge in [0.1, 0.15) is 0 Å². The molecule has 5 nitrogen and oxygen atoms in total. The number of aromatic nitrogens is 5. The van der Waals surface area contributed by atoms with Gasteiger partial charge in [-0.2, -0.15) is 0 Å². The molecule has 0 amide bonds. The molecule has 0 saturated heterocycles. The van der Waals surface area contributed by atoms with Crippen molar-refractivity contribution in [2.75, 3.05) is 0 Å². The summed E-state index contributed by atoms with van der Waals surface area (Å²) in [5.74, 6) is 0.818. The minimum Gasteiger partial charge on any atom is -0.245 e. The second kappa shape index (κ2) is 7.44. The summed E-state index contributed by atoms with van der Waals surface area (Å²) in [7, 11) is 0. The van der Waals surface area contributed by atoms with E-state index in [1.54, 1.807) is 23.1 Å². The van der Waals surface area contributed by atoms with Crippen molar-refractivity contribution in [3.63, 3.8) is 0 Å². The Labute approximate surface area is 149 Å². The fourth-order valence-electron chi connectivity index (χ4n) is 3.06. The van der Waals surface area contributed by atoms with Gasteiger partial charge in [-0.25, -0.2) is 9.67 Å². The molecule has 2 aromatic heterocycles. The van der Waals surface area contributed by atoms with Gasteiger partial charge in [0.25, 0.3) is 0 Å². The first kappa shape index (κ1) is 15.8. The summed E-state index contributed by atoms with van der Waals surface area (Å²) in [5, 5.41) is 16.5. The van der Waals surface area contributed by atoms with Gasteiger partial charge in [-0.15, -0.1) is 16.4 Å². The van der Waals surface area contributed by atoms with E-state index in [9.17, 15) is 0 Å². The van der Waals surface area contributed by atoms with Crippen molar-refractivity contribution in [2.45, 2.75) is 49.1 Å². The van der Waals surface area contributed by atoms with Crippen molar-refractivity contribution in [1.82, 2.24) is 25.2 Å². The Morgan fingerprint density at radius 2 is 2.00 bits per heavy atom. The van der Waals surface area contributed by atoms with Gasteiger partial charge in [-0.05, 0) is 28.8 Å². The normalized spacial score (nSPS) is 15.2. The molecule has 0 radical (unpaired) electrons. The van der Waals surface area contributed by atoms with Gasteiger partial charge in [0.05, 0.1) is 16.7 Å². The van der Waals surface area contributed by atoms with Crippen molar-refractivity contribution in [3.05, 3.63) is 52.0 Å². The lowest BCUT2D eigenvalue weighted by atomic mass is 10.2. The van der Waals surface area contributed by atoms with Gasteiger partial charge in [0.15, 0.2) is 0 Å². The number of thiazole rings is 1. The molecule has 2 heterocycles. The zero-order valence-corrected chi connectivity index (χ0v) is 15.0. The molecular weight excluding hydrogens is 338 g/mol. The van der Waals surface area contributed by atoms with Crippen LogP contribution in [0, 0.1) is 0 Å². The minimum absolute atomic E-state index is 0.478. The van der Waals surface area contributed by atoms with Crippen molar-refractivity contribution in [1.29, 1.82) is 0 Å². The van der Waals surface area contributed by atoms with Crippen LogP contribution in [-0.4, -0.2) is 25.2 Å². The van der Waals surface area contributed by atoms with Crippen LogP contribution in [0.1, 0.15) is 48.0 Å². The maximum Gasteiger partial charge on any atom is 0.209 e. The molecule has 0 N–H and O–H groups in total. The van der Waals surface area contributed by atoms with Gasteiger partial charge >= 0.3 is 0 Å². The maximum absolute atomic E-state index is 4.75. The number of thioether (sulfide) groups is 1. The Morgan fingerprint density at radius 1 is 1.17 bits per heavy atom. The lowest BCUT2D eigenvalue weighted by Crippen LogP contribution is -2.08. The van der Waals surface area contributed by atoms with E-state index in [0.29, 0.717) is 6.04 Å². The summed E-state index contributed by atoms with van der Waals surface area (Å²) in [5.41, 5.74) is 2.41. The monoisotopic (exact) mass is 357 g/mol. The van der Waals surface area contributed by atoms with Crippen LogP contribution in [0.3, 0.4) is 0 Å². The lowest BCUT2D eigenvalue weighted by molar-refractivity contribution is 0.423. The zero-order chi connectivity index (χ0) is 16.2. The molecule has 7 heteroatoms. The highest BCUT2D eigenvalue weighted by Gasteiger charge is 2.21. The number of benzene rings is 1. The van der Waals surface area contributed by atoms with E-state index >= 15 is 0 Å². The molecule has 0 unspecified atom stereocenters. The standard InChI is InChI=1S/C17H19N5S2/c1-2-6-13(7-3-1)10-16-18-14(11-23-16)12-24-17-19-20-21-22(17)15-8-4-5-9-15/h1-3,6-7,11,15H,4-5,8-10,12H2. The molecule has 0 bridgehead atoms. The van der Waals surface area contributed by atoms with Gasteiger partial charge < -0.3 is 0 Å². The molecule has 1 aliphatic carbocycles. The molecule has 0 aliphatic heterocycles. The second-order valence-electron chi connectivity index (χ2n) is 6.03. The third kappa shape index (κ3) is 3.67. The molecule has 4 rings (SSSR count). The number of hydrogen-bond acceptors (Lipinski definition) is 6. The van der Waals surface area contributed by atoms with Crippen LogP contribution in [-0.2, 0) is 12.2 Å². The highest BCUT2D eigenvalue weighted by molar-refractivity contribution is 7.98. The van der Waals surface area contributed by atoms with Crippen LogP contribution in [0.15, 0.2) is 40.9 Å². The van der Waals surface area contributed by atoms with E-state index in [-0.39, 0.29) is 0 Å². The zero-order valence-electron chi connectivity index (χ0n) is 13.3. The van der Waals surface area contributed by atoms with E-state index < -0.39 is 0 Å². The van der Waals surface area contributed by atoms with Gasteiger partial charge in [-0.1, -0.05) is 54.9 Å². The largest absolute Gasteiger partial charge is 0.245 e. The number of rotatable bonds is 6. The van der Waals surface area contributed by atoms with E-state index in [1.807, 2.05) is 10.7 Å². The average Bonchev–Trinajstić information content (AvgIpc) is 3.35. The highest BCUT2D eigenvalue weighted by Crippen LogP contribution is 2.32. The van der Waals surface area contributed by atoms with Crippen LogP contribution in [0.2, 0.25) is 0 Å². The van der Waals surface area contributed by atoms with Crippen molar-refractivity contribution >= 4 is 23.1 Å². The van der Waals surface area contributed by atoms with Crippen LogP contribution in [0.4, 0.5) is 0 Å². The summed E-state index contributed by atoms with van der Waals surface area (Å²) in [4.78, 5) is 4.75. The smallest absolute Gasteiger partial charge is 0.209 e. The Bertz CT molecular complexity index is 777. The van der Waals surface area contributed by atoms with Gasteiger partial charge in [0, 0.05) is 17.6 Å². The van der Waals surface area contributed by atoms with Gasteiger partial charge in [0.2, 0.25) is 5.16 Å². The van der Waals surface area contributed by atoms with Crippen molar-refractivity contribution in [2.24, 2.45) is 0 Å². The van der Waals surface area contributed by atoms with Gasteiger partial charge in [-0.3, -0.25) is 0 Å². The molecule has 1 saturated carbocycles. The summed E-state index contributed by atoms with van der Waals surface area (Å²) in [6.45, 7) is 0. The molecule has 3 aromatic rings. The third-order valence-electron chi connectivity index (χ3n) is 4.28. The first-order valence-electron chi connectivity index (χ1n) is 8.26. The van der Waals surface area contributed by atoms with Crippen LogP contribution >= 0.6 is 23.1 Å². The fraction of sp³-hybridized carbons (Fsp3) is 0.412. The molecule has 124 valence electrons. The van der Waals surface area contributed by atoms with Crippen LogP contribution < -0.4 is 0 Å². The van der Waals surface area contributed by atoms with Crippen LogP contribution in [0.5, 0.6) is 0 Å². The van der Waals surface area contributed by atoms with Crippen LogP contribution in [0.25, 0.3) is 0 Å². The summed E-state index contributed by atoms with van der Waals surface area (Å²) in [6.07, 6.45) is 5.84. The molecule has 0 atom stereocenters. The first-order chi connectivity index (χ1) is 11.9. The predicted molar refractivity (Wildman–Crippen MR) is 96.2 cm³/mol. The first-order valence-corrected chi connectivity index (χ1v) is 10.1. The number of tetrazole rings is 1. The number of hydrogen-bond donors (Lipinski definition) is 0. The van der Waals surface area contributed by atoms with Crippen molar-refractivity contribution < 1.29 is 0 Å². The van der Waals surface area contributed by atoms with E-state index in [2.05, 4.69) is 45.2 Å². The quantitative estimate of drug-likeness (QED) is 0.621. The Kier molecular flexibility index (Phi) is 4.89. The molecule has 1 aliphatic rings. The topological polar surface area (TPSA) is 56.5 Å². The molecule has 24 heavy (non-hydrogen) atoms. The molecule has 1 aromatic carbocycles. The minimum atomic E-state index is 0.478. The van der Waals surface area contributed by atoms with E-state index in [1.165, 1.54) is 31.2 Å². The fourth-order valence-corrected chi connectivity index (χ4v) is 4.83. The lowest BCUT2D eigenvalue weighted by Gasteiger charge is -2.10. The Morgan fingerprint density at radius 3 is 2.83 bits per heavy atom. The summed E-state index contributed by atoms with van der Waals surface area (Å²) >= 11 is 3.41. The Hall–Kier alpha value is -1.73.